The minimum atomic E-state index is 0.682. The Kier molecular flexibility index (Phi) is 5.48. The summed E-state index contributed by atoms with van der Waals surface area (Å²) in [5, 5.41) is 1.56. The molecule has 1 nitrogen and oxygen atoms in total. The average Bonchev–Trinajstić information content (AvgIpc) is 2.09. The van der Waals surface area contributed by atoms with E-state index in [2.05, 4.69) is 20.9 Å². The number of halogens is 3. The van der Waals surface area contributed by atoms with E-state index < -0.39 is 0 Å². The Labute approximate surface area is 100 Å². The van der Waals surface area contributed by atoms with Crippen LogP contribution in [0.3, 0.4) is 0 Å². The lowest BCUT2D eigenvalue weighted by molar-refractivity contribution is 1.08. The molecule has 0 spiro atoms. The zero-order chi connectivity index (χ0) is 9.68. The Morgan fingerprint density at radius 3 is 2.92 bits per heavy atom. The third kappa shape index (κ3) is 4.07. The monoisotopic (exact) mass is 299 g/mol. The summed E-state index contributed by atoms with van der Waals surface area (Å²) in [6.45, 7) is 0. The van der Waals surface area contributed by atoms with Crippen molar-refractivity contribution in [3.63, 3.8) is 0 Å². The smallest absolute Gasteiger partial charge is 0.115 e. The van der Waals surface area contributed by atoms with Crippen molar-refractivity contribution in [2.24, 2.45) is 0 Å². The molecule has 0 aliphatic carbocycles. The first-order valence-corrected chi connectivity index (χ1v) is 6.43. The van der Waals surface area contributed by atoms with Gasteiger partial charge in [0.15, 0.2) is 0 Å². The van der Waals surface area contributed by atoms with Crippen molar-refractivity contribution in [2.75, 3.05) is 11.6 Å². The molecule has 0 fully saturated rings. The molecule has 1 aromatic heterocycles. The fourth-order valence-electron chi connectivity index (χ4n) is 0.732. The van der Waals surface area contributed by atoms with Crippen molar-refractivity contribution in [2.45, 2.75) is 11.4 Å². The molecule has 0 amide bonds. The average molecular weight is 301 g/mol. The molecule has 0 radical (unpaired) electrons. The molecule has 0 saturated heterocycles. The minimum Gasteiger partial charge on any atom is -0.247 e. The number of pyridine rings is 1. The molecule has 5 heteroatoms. The minimum absolute atomic E-state index is 0.682. The highest BCUT2D eigenvalue weighted by atomic mass is 79.9. The normalized spacial score (nSPS) is 10.4. The molecular formula is C8H8BrCl2NS. The summed E-state index contributed by atoms with van der Waals surface area (Å²) in [4.78, 5) is 4.19. The van der Waals surface area contributed by atoms with Gasteiger partial charge in [-0.05, 0) is 28.4 Å². The highest BCUT2D eigenvalue weighted by Gasteiger charge is 2.02. The molecule has 72 valence electrons. The van der Waals surface area contributed by atoms with E-state index in [0.29, 0.717) is 10.9 Å². The predicted molar refractivity (Wildman–Crippen MR) is 63.0 cm³/mol. The van der Waals surface area contributed by atoms with Gasteiger partial charge >= 0.3 is 0 Å². The van der Waals surface area contributed by atoms with E-state index in [1.807, 2.05) is 6.07 Å². The van der Waals surface area contributed by atoms with Crippen LogP contribution in [-0.2, 0) is 0 Å². The second-order valence-corrected chi connectivity index (χ2v) is 5.12. The fraction of sp³-hybridized carbons (Fsp3) is 0.375. The molecule has 1 aromatic rings. The Morgan fingerprint density at radius 1 is 1.54 bits per heavy atom. The van der Waals surface area contributed by atoms with Gasteiger partial charge in [-0.1, -0.05) is 11.6 Å². The molecule has 1 heterocycles. The van der Waals surface area contributed by atoms with Crippen molar-refractivity contribution in [3.8, 4) is 0 Å². The van der Waals surface area contributed by atoms with Crippen LogP contribution in [0.5, 0.6) is 0 Å². The molecule has 0 aliphatic heterocycles. The summed E-state index contributed by atoms with van der Waals surface area (Å²) < 4.78 is 0.902. The van der Waals surface area contributed by atoms with Crippen LogP contribution in [0.15, 0.2) is 21.8 Å². The lowest BCUT2D eigenvalue weighted by atomic mass is 10.5. The number of thioether (sulfide) groups is 1. The maximum atomic E-state index is 5.96. The molecule has 0 aromatic carbocycles. The van der Waals surface area contributed by atoms with Crippen molar-refractivity contribution < 1.29 is 0 Å². The molecule has 0 N–H and O–H groups in total. The van der Waals surface area contributed by atoms with Crippen LogP contribution in [-0.4, -0.2) is 16.6 Å². The van der Waals surface area contributed by atoms with Crippen LogP contribution < -0.4 is 0 Å². The van der Waals surface area contributed by atoms with Gasteiger partial charge in [0.05, 0.1) is 5.02 Å². The van der Waals surface area contributed by atoms with Gasteiger partial charge < -0.3 is 0 Å². The van der Waals surface area contributed by atoms with Crippen LogP contribution in [0, 0.1) is 0 Å². The fourth-order valence-corrected chi connectivity index (χ4v) is 2.62. The van der Waals surface area contributed by atoms with E-state index in [-0.39, 0.29) is 0 Å². The zero-order valence-corrected chi connectivity index (χ0v) is 10.7. The van der Waals surface area contributed by atoms with E-state index in [1.165, 1.54) is 0 Å². The molecule has 0 saturated carbocycles. The van der Waals surface area contributed by atoms with E-state index in [1.54, 1.807) is 18.0 Å². The maximum absolute atomic E-state index is 5.96. The summed E-state index contributed by atoms with van der Waals surface area (Å²) in [6, 6.07) is 1.84. The number of hydrogen-bond acceptors (Lipinski definition) is 2. The number of alkyl halides is 1. The largest absolute Gasteiger partial charge is 0.247 e. The number of hydrogen-bond donors (Lipinski definition) is 0. The van der Waals surface area contributed by atoms with Gasteiger partial charge in [-0.15, -0.1) is 23.4 Å². The highest BCUT2D eigenvalue weighted by molar-refractivity contribution is 9.10. The molecule has 0 aliphatic rings. The molecule has 0 bridgehead atoms. The highest BCUT2D eigenvalue weighted by Crippen LogP contribution is 2.27. The second-order valence-electron chi connectivity index (χ2n) is 2.33. The Morgan fingerprint density at radius 2 is 2.31 bits per heavy atom. The lowest BCUT2D eigenvalue weighted by Gasteiger charge is -2.01. The van der Waals surface area contributed by atoms with Gasteiger partial charge in [-0.25, -0.2) is 4.98 Å². The van der Waals surface area contributed by atoms with Crippen LogP contribution in [0.2, 0.25) is 5.02 Å². The number of nitrogens with zero attached hydrogens (tertiary/aromatic N) is 1. The summed E-state index contributed by atoms with van der Waals surface area (Å²) >= 11 is 16.5. The third-order valence-electron chi connectivity index (χ3n) is 1.29. The summed E-state index contributed by atoms with van der Waals surface area (Å²) in [6.07, 6.45) is 2.72. The van der Waals surface area contributed by atoms with Crippen LogP contribution >= 0.6 is 50.9 Å². The Hall–Kier alpha value is 0.560. The van der Waals surface area contributed by atoms with Crippen molar-refractivity contribution >= 4 is 50.9 Å². The first kappa shape index (κ1) is 11.6. The summed E-state index contributed by atoms with van der Waals surface area (Å²) in [5.74, 6) is 1.64. The van der Waals surface area contributed by atoms with E-state index in [4.69, 9.17) is 23.2 Å². The van der Waals surface area contributed by atoms with E-state index in [0.717, 1.165) is 21.7 Å². The van der Waals surface area contributed by atoms with Crippen molar-refractivity contribution in [1.82, 2.24) is 4.98 Å². The van der Waals surface area contributed by atoms with E-state index >= 15 is 0 Å². The molecular weight excluding hydrogens is 293 g/mol. The van der Waals surface area contributed by atoms with Gasteiger partial charge in [0, 0.05) is 22.3 Å². The number of aromatic nitrogens is 1. The second kappa shape index (κ2) is 6.12. The molecule has 0 unspecified atom stereocenters. The zero-order valence-electron chi connectivity index (χ0n) is 6.77. The quantitative estimate of drug-likeness (QED) is 0.469. The van der Waals surface area contributed by atoms with Crippen molar-refractivity contribution in [1.29, 1.82) is 0 Å². The standard InChI is InChI=1S/C8H8BrCl2NS/c9-6-4-7(11)8(12-5-6)13-3-1-2-10/h4-5H,1-3H2. The van der Waals surface area contributed by atoms with Crippen LogP contribution in [0.25, 0.3) is 0 Å². The molecule has 13 heavy (non-hydrogen) atoms. The van der Waals surface area contributed by atoms with E-state index in [9.17, 15) is 0 Å². The SMILES string of the molecule is ClCCCSc1ncc(Br)cc1Cl. The van der Waals surface area contributed by atoms with Gasteiger partial charge in [0.2, 0.25) is 0 Å². The maximum Gasteiger partial charge on any atom is 0.115 e. The van der Waals surface area contributed by atoms with Crippen LogP contribution in [0.1, 0.15) is 6.42 Å². The first-order chi connectivity index (χ1) is 6.24. The first-order valence-electron chi connectivity index (χ1n) is 3.74. The van der Waals surface area contributed by atoms with Crippen LogP contribution in [0.4, 0.5) is 0 Å². The van der Waals surface area contributed by atoms with Gasteiger partial charge in [-0.3, -0.25) is 0 Å². The Balaban J connectivity index is 2.56. The molecule has 1 rings (SSSR count). The Bertz CT molecular complexity index is 283. The topological polar surface area (TPSA) is 12.9 Å². The van der Waals surface area contributed by atoms with Gasteiger partial charge in [0.25, 0.3) is 0 Å². The molecule has 0 atom stereocenters. The van der Waals surface area contributed by atoms with Crippen molar-refractivity contribution in [3.05, 3.63) is 21.8 Å². The summed E-state index contributed by atoms with van der Waals surface area (Å²) in [5.41, 5.74) is 0. The number of rotatable bonds is 4. The third-order valence-corrected chi connectivity index (χ3v) is 3.48. The predicted octanol–water partition coefficient (Wildman–Crippen LogP) is 4.22. The van der Waals surface area contributed by atoms with Gasteiger partial charge in [0.1, 0.15) is 5.03 Å². The van der Waals surface area contributed by atoms with Gasteiger partial charge in [-0.2, -0.15) is 0 Å². The lowest BCUT2D eigenvalue weighted by Crippen LogP contribution is -1.85. The summed E-state index contributed by atoms with van der Waals surface area (Å²) in [7, 11) is 0.